The van der Waals surface area contributed by atoms with E-state index in [2.05, 4.69) is 0 Å². The van der Waals surface area contributed by atoms with E-state index < -0.39 is 5.60 Å². The maximum atomic E-state index is 12.2. The van der Waals surface area contributed by atoms with E-state index in [1.54, 1.807) is 0 Å². The molecule has 0 radical (unpaired) electrons. The molecule has 3 saturated heterocycles. The van der Waals surface area contributed by atoms with Gasteiger partial charge in [0.2, 0.25) is 0 Å². The monoisotopic (exact) mass is 239 g/mol. The Bertz CT molecular complexity index is 327. The molecule has 4 nitrogen and oxygen atoms in total. The summed E-state index contributed by atoms with van der Waals surface area (Å²) in [7, 11) is 0. The van der Waals surface area contributed by atoms with Crippen LogP contribution in [0.3, 0.4) is 0 Å². The van der Waals surface area contributed by atoms with Crippen LogP contribution in [-0.4, -0.2) is 40.9 Å². The molecule has 0 aromatic rings. The summed E-state index contributed by atoms with van der Waals surface area (Å²) < 4.78 is 11.1. The van der Waals surface area contributed by atoms with Gasteiger partial charge in [-0.25, -0.2) is 4.79 Å². The van der Waals surface area contributed by atoms with Crippen LogP contribution >= 0.6 is 0 Å². The molecule has 3 aliphatic rings. The Kier molecular flexibility index (Phi) is 2.25. The number of nitrogens with zero attached hydrogens (tertiary/aromatic N) is 1. The number of carbonyl (C=O) groups is 1. The van der Waals surface area contributed by atoms with E-state index in [-0.39, 0.29) is 11.7 Å². The van der Waals surface area contributed by atoms with Crippen LogP contribution in [0.15, 0.2) is 0 Å². The van der Waals surface area contributed by atoms with Gasteiger partial charge in [0.25, 0.3) is 0 Å². The third-order valence-electron chi connectivity index (χ3n) is 3.99. The summed E-state index contributed by atoms with van der Waals surface area (Å²) in [6.07, 6.45) is 4.08. The molecule has 0 N–H and O–H groups in total. The standard InChI is InChI=1S/C13H21NO3/c1-12(2,3)17-11(15)14-9-4-5-10(14)7-13(6-9)8-16-13/h9-10H,4-8H2,1-3H3/t9-,10?,13?/m0/s1. The molecule has 0 aromatic heterocycles. The van der Waals surface area contributed by atoms with Gasteiger partial charge in [-0.05, 0) is 46.5 Å². The third kappa shape index (κ3) is 2.03. The molecule has 1 spiro atoms. The maximum Gasteiger partial charge on any atom is 0.410 e. The fourth-order valence-electron chi connectivity index (χ4n) is 3.25. The minimum Gasteiger partial charge on any atom is -0.444 e. The highest BCUT2D eigenvalue weighted by Gasteiger charge is 2.57. The molecule has 3 aliphatic heterocycles. The Morgan fingerprint density at radius 3 is 2.24 bits per heavy atom. The topological polar surface area (TPSA) is 42.1 Å². The van der Waals surface area contributed by atoms with Gasteiger partial charge in [0.05, 0.1) is 12.2 Å². The van der Waals surface area contributed by atoms with Crippen molar-refractivity contribution in [2.75, 3.05) is 6.61 Å². The SMILES string of the molecule is CC(C)(C)OC(=O)N1C2CC[C@H]1CC1(CO1)C2. The fourth-order valence-corrected chi connectivity index (χ4v) is 3.25. The number of amides is 1. The summed E-state index contributed by atoms with van der Waals surface area (Å²) in [5.74, 6) is 0. The zero-order valence-corrected chi connectivity index (χ0v) is 10.9. The van der Waals surface area contributed by atoms with Crippen LogP contribution in [0.5, 0.6) is 0 Å². The van der Waals surface area contributed by atoms with Crippen LogP contribution in [0.2, 0.25) is 0 Å². The van der Waals surface area contributed by atoms with Gasteiger partial charge in [0.15, 0.2) is 0 Å². The predicted molar refractivity (Wildman–Crippen MR) is 62.8 cm³/mol. The molecule has 4 heteroatoms. The lowest BCUT2D eigenvalue weighted by molar-refractivity contribution is -0.00100. The first-order valence-electron chi connectivity index (χ1n) is 6.54. The molecule has 96 valence electrons. The highest BCUT2D eigenvalue weighted by molar-refractivity contribution is 5.69. The Hall–Kier alpha value is -0.770. The molecule has 1 amide bonds. The first-order chi connectivity index (χ1) is 7.89. The average Bonchev–Trinajstić information content (AvgIpc) is 2.84. The smallest absolute Gasteiger partial charge is 0.410 e. The lowest BCUT2D eigenvalue weighted by atomic mass is 9.91. The second-order valence-corrected chi connectivity index (χ2v) is 6.65. The zero-order valence-electron chi connectivity index (χ0n) is 10.9. The van der Waals surface area contributed by atoms with Crippen molar-refractivity contribution in [3.63, 3.8) is 0 Å². The second kappa shape index (κ2) is 3.37. The van der Waals surface area contributed by atoms with Crippen molar-refractivity contribution in [3.05, 3.63) is 0 Å². The van der Waals surface area contributed by atoms with E-state index in [9.17, 15) is 4.79 Å². The molecule has 3 fully saturated rings. The van der Waals surface area contributed by atoms with Crippen LogP contribution in [0.4, 0.5) is 4.79 Å². The predicted octanol–water partition coefficient (Wildman–Crippen LogP) is 2.32. The molecule has 17 heavy (non-hydrogen) atoms. The van der Waals surface area contributed by atoms with Crippen LogP contribution in [-0.2, 0) is 9.47 Å². The summed E-state index contributed by atoms with van der Waals surface area (Å²) in [4.78, 5) is 14.1. The van der Waals surface area contributed by atoms with Crippen molar-refractivity contribution in [2.45, 2.75) is 69.7 Å². The number of hydrogen-bond acceptors (Lipinski definition) is 3. The highest BCUT2D eigenvalue weighted by Crippen LogP contribution is 2.49. The van der Waals surface area contributed by atoms with Crippen LogP contribution < -0.4 is 0 Å². The number of ether oxygens (including phenoxy) is 2. The van der Waals surface area contributed by atoms with Gasteiger partial charge in [0, 0.05) is 12.1 Å². The molecular weight excluding hydrogens is 218 g/mol. The van der Waals surface area contributed by atoms with Crippen molar-refractivity contribution in [2.24, 2.45) is 0 Å². The second-order valence-electron chi connectivity index (χ2n) is 6.65. The normalized spacial score (nSPS) is 39.6. The number of carbonyl (C=O) groups excluding carboxylic acids is 1. The molecule has 3 atom stereocenters. The number of hydrogen-bond donors (Lipinski definition) is 0. The first-order valence-corrected chi connectivity index (χ1v) is 6.54. The van der Waals surface area contributed by atoms with Gasteiger partial charge < -0.3 is 14.4 Å². The van der Waals surface area contributed by atoms with Crippen molar-refractivity contribution >= 4 is 6.09 Å². The molecule has 3 rings (SSSR count). The molecule has 2 bridgehead atoms. The fraction of sp³-hybridized carbons (Fsp3) is 0.923. The third-order valence-corrected chi connectivity index (χ3v) is 3.99. The molecule has 2 unspecified atom stereocenters. The quantitative estimate of drug-likeness (QED) is 0.609. The van der Waals surface area contributed by atoms with Gasteiger partial charge in [-0.2, -0.15) is 0 Å². The summed E-state index contributed by atoms with van der Waals surface area (Å²) in [6, 6.07) is 0.678. The molecule has 0 saturated carbocycles. The Morgan fingerprint density at radius 1 is 1.29 bits per heavy atom. The molecule has 3 heterocycles. The van der Waals surface area contributed by atoms with Crippen LogP contribution in [0.1, 0.15) is 46.5 Å². The van der Waals surface area contributed by atoms with Crippen molar-refractivity contribution in [3.8, 4) is 0 Å². The van der Waals surface area contributed by atoms with E-state index in [0.717, 1.165) is 32.3 Å². The minimum atomic E-state index is -0.401. The van der Waals surface area contributed by atoms with E-state index >= 15 is 0 Å². The zero-order chi connectivity index (χ0) is 12.3. The van der Waals surface area contributed by atoms with Crippen molar-refractivity contribution in [1.82, 2.24) is 4.90 Å². The summed E-state index contributed by atoms with van der Waals surface area (Å²) in [5.41, 5.74) is -0.272. The summed E-state index contributed by atoms with van der Waals surface area (Å²) >= 11 is 0. The highest BCUT2D eigenvalue weighted by atomic mass is 16.6. The van der Waals surface area contributed by atoms with Crippen LogP contribution in [0, 0.1) is 0 Å². The van der Waals surface area contributed by atoms with Gasteiger partial charge in [0.1, 0.15) is 5.60 Å². The van der Waals surface area contributed by atoms with E-state index in [4.69, 9.17) is 9.47 Å². The van der Waals surface area contributed by atoms with Gasteiger partial charge in [-0.15, -0.1) is 0 Å². The van der Waals surface area contributed by atoms with Gasteiger partial charge in [-0.1, -0.05) is 0 Å². The first kappa shape index (κ1) is 11.3. The Morgan fingerprint density at radius 2 is 1.82 bits per heavy atom. The lowest BCUT2D eigenvalue weighted by Crippen LogP contribution is -2.50. The van der Waals surface area contributed by atoms with E-state index in [0.29, 0.717) is 12.1 Å². The van der Waals surface area contributed by atoms with Crippen molar-refractivity contribution in [1.29, 1.82) is 0 Å². The van der Waals surface area contributed by atoms with E-state index in [1.165, 1.54) is 0 Å². The van der Waals surface area contributed by atoms with Gasteiger partial charge >= 0.3 is 6.09 Å². The van der Waals surface area contributed by atoms with Crippen LogP contribution in [0.25, 0.3) is 0 Å². The Labute approximate surface area is 102 Å². The number of rotatable bonds is 0. The summed E-state index contributed by atoms with van der Waals surface area (Å²) in [5, 5.41) is 0. The van der Waals surface area contributed by atoms with E-state index in [1.807, 2.05) is 25.7 Å². The minimum absolute atomic E-state index is 0.129. The van der Waals surface area contributed by atoms with Gasteiger partial charge in [-0.3, -0.25) is 0 Å². The lowest BCUT2D eigenvalue weighted by Gasteiger charge is -2.38. The Balaban J connectivity index is 1.70. The maximum absolute atomic E-state index is 12.2. The largest absolute Gasteiger partial charge is 0.444 e. The molecular formula is C13H21NO3. The number of piperidine rings is 1. The average molecular weight is 239 g/mol. The molecule has 0 aromatic carbocycles. The van der Waals surface area contributed by atoms with Crippen molar-refractivity contribution < 1.29 is 14.3 Å². The number of fused-ring (bicyclic) bond motifs is 2. The summed E-state index contributed by atoms with van der Waals surface area (Å²) in [6.45, 7) is 6.65. The number of epoxide rings is 1. The molecule has 0 aliphatic carbocycles.